The first-order valence-corrected chi connectivity index (χ1v) is 7.99. The third-order valence-corrected chi connectivity index (χ3v) is 3.69. The van der Waals surface area contributed by atoms with Crippen LogP contribution in [0, 0.1) is 0 Å². The van der Waals surface area contributed by atoms with Crippen LogP contribution in [0.1, 0.15) is 51.2 Å². The molecule has 0 aromatic heterocycles. The molecule has 1 unspecified atom stereocenters. The molecular weight excluding hydrogens is 270 g/mol. The number of benzene rings is 2. The van der Waals surface area contributed by atoms with Crippen LogP contribution in [0.2, 0.25) is 0 Å². The smallest absolute Gasteiger partial charge is 0.119 e. The molecule has 2 nitrogen and oxygen atoms in total. The molecule has 2 aromatic rings. The first-order chi connectivity index (χ1) is 10.6. The van der Waals surface area contributed by atoms with Crippen LogP contribution in [0.15, 0.2) is 53.5 Å². The highest BCUT2D eigenvalue weighted by molar-refractivity contribution is 5.82. The number of rotatable bonds is 6. The van der Waals surface area contributed by atoms with E-state index in [9.17, 15) is 0 Å². The molecule has 1 atom stereocenters. The Morgan fingerprint density at radius 2 is 1.59 bits per heavy atom. The summed E-state index contributed by atoms with van der Waals surface area (Å²) in [5.41, 5.74) is 3.42. The van der Waals surface area contributed by atoms with Crippen molar-refractivity contribution in [1.82, 2.24) is 0 Å². The van der Waals surface area contributed by atoms with Gasteiger partial charge in [-0.05, 0) is 73.7 Å². The van der Waals surface area contributed by atoms with Crippen molar-refractivity contribution in [1.29, 1.82) is 0 Å². The van der Waals surface area contributed by atoms with E-state index in [-0.39, 0.29) is 6.10 Å². The fraction of sp³-hybridized carbons (Fsp3) is 0.350. The quantitative estimate of drug-likeness (QED) is 0.623. The van der Waals surface area contributed by atoms with Crippen LogP contribution >= 0.6 is 0 Å². The molecule has 0 aliphatic carbocycles. The monoisotopic (exact) mass is 295 g/mol. The molecule has 0 saturated heterocycles. The Kier molecular flexibility index (Phi) is 5.76. The molecular formula is C20H25NO. The Morgan fingerprint density at radius 1 is 0.955 bits per heavy atom. The van der Waals surface area contributed by atoms with Crippen molar-refractivity contribution in [2.45, 2.75) is 46.1 Å². The largest absolute Gasteiger partial charge is 0.491 e. The number of hydrogen-bond donors (Lipinski definition) is 0. The zero-order valence-electron chi connectivity index (χ0n) is 13.9. The minimum atomic E-state index is 0.198. The Bertz CT molecular complexity index is 597. The highest BCUT2D eigenvalue weighted by atomic mass is 16.5. The molecule has 0 bridgehead atoms. The molecule has 0 fully saturated rings. The third kappa shape index (κ3) is 4.73. The van der Waals surface area contributed by atoms with Gasteiger partial charge in [0.15, 0.2) is 0 Å². The minimum Gasteiger partial charge on any atom is -0.491 e. The summed E-state index contributed by atoms with van der Waals surface area (Å²) >= 11 is 0. The molecule has 2 rings (SSSR count). The summed E-state index contributed by atoms with van der Waals surface area (Å²) in [6.45, 7) is 8.51. The van der Waals surface area contributed by atoms with E-state index in [1.165, 1.54) is 5.56 Å². The third-order valence-electron chi connectivity index (χ3n) is 3.69. The van der Waals surface area contributed by atoms with E-state index < -0.39 is 0 Å². The summed E-state index contributed by atoms with van der Waals surface area (Å²) in [7, 11) is 0. The normalized spacial score (nSPS) is 12.8. The van der Waals surface area contributed by atoms with Gasteiger partial charge in [0.05, 0.1) is 11.8 Å². The molecule has 0 aliphatic rings. The van der Waals surface area contributed by atoms with Gasteiger partial charge in [0, 0.05) is 6.21 Å². The van der Waals surface area contributed by atoms with E-state index in [0.717, 1.165) is 23.4 Å². The van der Waals surface area contributed by atoms with Crippen molar-refractivity contribution in [3.8, 4) is 5.75 Å². The predicted octanol–water partition coefficient (Wildman–Crippen LogP) is 5.74. The maximum absolute atomic E-state index is 5.63. The van der Waals surface area contributed by atoms with Crippen molar-refractivity contribution in [2.24, 2.45) is 4.99 Å². The van der Waals surface area contributed by atoms with Crippen molar-refractivity contribution in [3.05, 3.63) is 59.7 Å². The summed E-state index contributed by atoms with van der Waals surface area (Å²) < 4.78 is 5.63. The van der Waals surface area contributed by atoms with E-state index >= 15 is 0 Å². The van der Waals surface area contributed by atoms with Gasteiger partial charge in [-0.1, -0.05) is 26.0 Å². The SMILES string of the molecule is CCC(C)c1ccc(N=Cc2ccc(OC(C)C)cc2)cc1. The van der Waals surface area contributed by atoms with Crippen LogP contribution < -0.4 is 4.74 Å². The maximum atomic E-state index is 5.63. The first kappa shape index (κ1) is 16.3. The second kappa shape index (κ2) is 7.79. The second-order valence-corrected chi connectivity index (χ2v) is 5.89. The van der Waals surface area contributed by atoms with Gasteiger partial charge in [-0.3, -0.25) is 4.99 Å². The van der Waals surface area contributed by atoms with Gasteiger partial charge in [-0.25, -0.2) is 0 Å². The van der Waals surface area contributed by atoms with Crippen LogP contribution in [-0.4, -0.2) is 12.3 Å². The fourth-order valence-corrected chi connectivity index (χ4v) is 2.18. The summed E-state index contributed by atoms with van der Waals surface area (Å²) in [5.74, 6) is 1.50. The van der Waals surface area contributed by atoms with Gasteiger partial charge in [0.1, 0.15) is 5.75 Å². The van der Waals surface area contributed by atoms with Crippen LogP contribution in [0.25, 0.3) is 0 Å². The molecule has 2 heteroatoms. The van der Waals surface area contributed by atoms with Gasteiger partial charge < -0.3 is 4.74 Å². The lowest BCUT2D eigenvalue weighted by Gasteiger charge is -2.09. The number of aliphatic imine (C=N–C) groups is 1. The van der Waals surface area contributed by atoms with Crippen LogP contribution in [0.5, 0.6) is 5.75 Å². The number of ether oxygens (including phenoxy) is 1. The standard InChI is InChI=1S/C20H25NO/c1-5-16(4)18-8-10-19(11-9-18)21-14-17-6-12-20(13-7-17)22-15(2)3/h6-16H,5H2,1-4H3. The summed E-state index contributed by atoms with van der Waals surface area (Å²) in [4.78, 5) is 4.53. The van der Waals surface area contributed by atoms with Crippen molar-refractivity contribution in [3.63, 3.8) is 0 Å². The van der Waals surface area contributed by atoms with Gasteiger partial charge in [0.25, 0.3) is 0 Å². The zero-order valence-corrected chi connectivity index (χ0v) is 13.9. The Morgan fingerprint density at radius 3 is 2.14 bits per heavy atom. The van der Waals surface area contributed by atoms with Crippen LogP contribution in [-0.2, 0) is 0 Å². The van der Waals surface area contributed by atoms with Gasteiger partial charge in [-0.15, -0.1) is 0 Å². The summed E-state index contributed by atoms with van der Waals surface area (Å²) in [5, 5.41) is 0. The number of hydrogen-bond acceptors (Lipinski definition) is 2. The molecule has 0 heterocycles. The Balaban J connectivity index is 2.02. The molecule has 22 heavy (non-hydrogen) atoms. The lowest BCUT2D eigenvalue weighted by atomic mass is 9.99. The Labute approximate surface area is 133 Å². The topological polar surface area (TPSA) is 21.6 Å². The van der Waals surface area contributed by atoms with Crippen molar-refractivity contribution in [2.75, 3.05) is 0 Å². The van der Waals surface area contributed by atoms with Crippen molar-refractivity contribution >= 4 is 11.9 Å². The highest BCUT2D eigenvalue weighted by Crippen LogP contribution is 2.22. The molecule has 2 aromatic carbocycles. The van der Waals surface area contributed by atoms with E-state index in [4.69, 9.17) is 4.74 Å². The lowest BCUT2D eigenvalue weighted by Crippen LogP contribution is -2.05. The molecule has 0 saturated carbocycles. The summed E-state index contributed by atoms with van der Waals surface area (Å²) in [6.07, 6.45) is 3.24. The minimum absolute atomic E-state index is 0.198. The first-order valence-electron chi connectivity index (χ1n) is 7.99. The molecule has 0 radical (unpaired) electrons. The average Bonchev–Trinajstić information content (AvgIpc) is 2.53. The molecule has 0 spiro atoms. The van der Waals surface area contributed by atoms with E-state index in [1.54, 1.807) is 0 Å². The summed E-state index contributed by atoms with van der Waals surface area (Å²) in [6, 6.07) is 16.5. The molecule has 0 aliphatic heterocycles. The highest BCUT2D eigenvalue weighted by Gasteiger charge is 2.01. The van der Waals surface area contributed by atoms with Crippen LogP contribution in [0.4, 0.5) is 5.69 Å². The zero-order chi connectivity index (χ0) is 15.9. The number of nitrogens with zero attached hydrogens (tertiary/aromatic N) is 1. The van der Waals surface area contributed by atoms with Crippen LogP contribution in [0.3, 0.4) is 0 Å². The van der Waals surface area contributed by atoms with Gasteiger partial charge in [-0.2, -0.15) is 0 Å². The van der Waals surface area contributed by atoms with E-state index in [2.05, 4.69) is 43.1 Å². The Hall–Kier alpha value is -2.09. The molecule has 0 N–H and O–H groups in total. The van der Waals surface area contributed by atoms with Crippen molar-refractivity contribution < 1.29 is 4.74 Å². The average molecular weight is 295 g/mol. The maximum Gasteiger partial charge on any atom is 0.119 e. The van der Waals surface area contributed by atoms with Gasteiger partial charge >= 0.3 is 0 Å². The van der Waals surface area contributed by atoms with E-state index in [0.29, 0.717) is 5.92 Å². The lowest BCUT2D eigenvalue weighted by molar-refractivity contribution is 0.242. The molecule has 0 amide bonds. The predicted molar refractivity (Wildman–Crippen MR) is 94.6 cm³/mol. The van der Waals surface area contributed by atoms with E-state index in [1.807, 2.05) is 44.3 Å². The molecule has 116 valence electrons. The fourth-order valence-electron chi connectivity index (χ4n) is 2.18. The van der Waals surface area contributed by atoms with Gasteiger partial charge in [0.2, 0.25) is 0 Å². The second-order valence-electron chi connectivity index (χ2n) is 5.89.